The maximum Gasteiger partial charge on any atom is 0.273 e. The fraction of sp³-hybridized carbons (Fsp3) is 0.450. The number of aliphatic imine (C=N–C) groups is 2. The van der Waals surface area contributed by atoms with E-state index >= 15 is 0 Å². The molecule has 3 heterocycles. The van der Waals surface area contributed by atoms with Crippen molar-refractivity contribution in [1.29, 1.82) is 0 Å². The van der Waals surface area contributed by atoms with Gasteiger partial charge in [-0.05, 0) is 25.3 Å². The van der Waals surface area contributed by atoms with Crippen LogP contribution in [0.2, 0.25) is 0 Å². The van der Waals surface area contributed by atoms with Crippen LogP contribution in [0.25, 0.3) is 0 Å². The molecule has 2 amide bonds. The van der Waals surface area contributed by atoms with Gasteiger partial charge in [0.2, 0.25) is 11.8 Å². The van der Waals surface area contributed by atoms with Gasteiger partial charge >= 0.3 is 0 Å². The van der Waals surface area contributed by atoms with E-state index in [9.17, 15) is 9.59 Å². The lowest BCUT2D eigenvalue weighted by Gasteiger charge is -2.33. The first-order chi connectivity index (χ1) is 14.7. The van der Waals surface area contributed by atoms with Crippen molar-refractivity contribution in [3.63, 3.8) is 0 Å². The molecule has 3 N–H and O–H groups in total. The summed E-state index contributed by atoms with van der Waals surface area (Å²) in [5.74, 6) is 1.14. The number of carbonyl (C=O) groups is 2. The van der Waals surface area contributed by atoms with Crippen LogP contribution in [-0.4, -0.2) is 77.7 Å². The fourth-order valence-corrected chi connectivity index (χ4v) is 3.42. The summed E-state index contributed by atoms with van der Waals surface area (Å²) in [4.78, 5) is 41.2. The molecule has 0 aliphatic carbocycles. The smallest absolute Gasteiger partial charge is 0.273 e. The maximum atomic E-state index is 12.8. The molecular weight excluding hydrogens is 418 g/mol. The van der Waals surface area contributed by atoms with Gasteiger partial charge in [-0.25, -0.2) is 9.98 Å². The van der Waals surface area contributed by atoms with Crippen LogP contribution >= 0.6 is 11.8 Å². The lowest BCUT2D eigenvalue weighted by atomic mass is 9.91. The summed E-state index contributed by atoms with van der Waals surface area (Å²) < 4.78 is 5.61. The lowest BCUT2D eigenvalue weighted by Crippen LogP contribution is -2.47. The zero-order chi connectivity index (χ0) is 22.6. The van der Waals surface area contributed by atoms with E-state index in [0.29, 0.717) is 36.1 Å². The number of hydrogen-bond donors (Lipinski definition) is 2. The molecule has 10 nitrogen and oxygen atoms in total. The fourth-order valence-electron chi connectivity index (χ4n) is 3.17. The molecule has 2 aliphatic heterocycles. The summed E-state index contributed by atoms with van der Waals surface area (Å²) in [6.07, 6.45) is 5.21. The summed E-state index contributed by atoms with van der Waals surface area (Å²) >= 11 is 1.69. The number of anilines is 1. The van der Waals surface area contributed by atoms with Crippen LogP contribution in [-0.2, 0) is 19.9 Å². The van der Waals surface area contributed by atoms with Gasteiger partial charge in [0.1, 0.15) is 11.2 Å². The zero-order valence-electron chi connectivity index (χ0n) is 18.1. The van der Waals surface area contributed by atoms with Crippen molar-refractivity contribution in [1.82, 2.24) is 14.8 Å². The summed E-state index contributed by atoms with van der Waals surface area (Å²) in [6.45, 7) is 2.79. The summed E-state index contributed by atoms with van der Waals surface area (Å²) in [6, 6.07) is 3.38. The number of guanidine groups is 1. The molecule has 0 aromatic carbocycles. The van der Waals surface area contributed by atoms with Gasteiger partial charge in [0.15, 0.2) is 5.96 Å². The molecule has 0 saturated carbocycles. The van der Waals surface area contributed by atoms with Gasteiger partial charge in [-0.3, -0.25) is 19.5 Å². The Kier molecular flexibility index (Phi) is 6.84. The number of amides is 2. The van der Waals surface area contributed by atoms with E-state index in [1.165, 1.54) is 11.1 Å². The topological polar surface area (TPSA) is 126 Å². The summed E-state index contributed by atoms with van der Waals surface area (Å²) in [7, 11) is 3.39. The first-order valence-corrected chi connectivity index (χ1v) is 11.1. The molecule has 1 unspecified atom stereocenters. The molecule has 1 atom stereocenters. The number of pyridine rings is 1. The van der Waals surface area contributed by atoms with Crippen molar-refractivity contribution in [2.45, 2.75) is 18.9 Å². The van der Waals surface area contributed by atoms with Crippen LogP contribution in [0.15, 0.2) is 40.2 Å². The molecule has 0 bridgehead atoms. The van der Waals surface area contributed by atoms with Crippen LogP contribution < -0.4 is 11.1 Å². The summed E-state index contributed by atoms with van der Waals surface area (Å²) in [5.41, 5.74) is 6.48. The third-order valence-corrected chi connectivity index (χ3v) is 5.62. The second-order valence-corrected chi connectivity index (χ2v) is 8.48. The van der Waals surface area contributed by atoms with E-state index in [1.54, 1.807) is 56.0 Å². The second kappa shape index (κ2) is 9.38. The van der Waals surface area contributed by atoms with Gasteiger partial charge in [-0.2, -0.15) is 11.8 Å². The third kappa shape index (κ3) is 5.16. The highest BCUT2D eigenvalue weighted by Gasteiger charge is 2.37. The maximum absolute atomic E-state index is 12.8. The number of likely N-dealkylation sites (N-methyl/N-ethyl adjacent to an activating group) is 1. The van der Waals surface area contributed by atoms with E-state index in [0.717, 1.165) is 5.75 Å². The number of ether oxygens (including phenoxy) is 1. The monoisotopic (exact) mass is 445 g/mol. The largest absolute Gasteiger partial charge is 0.479 e. The Morgan fingerprint density at radius 1 is 1.42 bits per heavy atom. The van der Waals surface area contributed by atoms with Gasteiger partial charge < -0.3 is 20.7 Å². The van der Waals surface area contributed by atoms with E-state index in [-0.39, 0.29) is 24.2 Å². The molecule has 0 spiro atoms. The minimum atomic E-state index is -0.900. The van der Waals surface area contributed by atoms with Crippen molar-refractivity contribution in [3.8, 4) is 0 Å². The highest BCUT2D eigenvalue weighted by molar-refractivity contribution is 7.98. The Bertz CT molecular complexity index is 962. The Balaban J connectivity index is 1.74. The minimum absolute atomic E-state index is 0.135. The number of rotatable bonds is 6. The minimum Gasteiger partial charge on any atom is -0.479 e. The van der Waals surface area contributed by atoms with Gasteiger partial charge in [0, 0.05) is 31.7 Å². The molecule has 0 fully saturated rings. The molecule has 11 heteroatoms. The molecule has 0 saturated heterocycles. The van der Waals surface area contributed by atoms with E-state index < -0.39 is 5.54 Å². The van der Waals surface area contributed by atoms with Crippen LogP contribution in [0.3, 0.4) is 0 Å². The first-order valence-electron chi connectivity index (χ1n) is 9.73. The normalized spacial score (nSPS) is 21.3. The number of nitrogens with two attached hydrogens (primary N) is 1. The molecule has 1 aromatic heterocycles. The average molecular weight is 446 g/mol. The Morgan fingerprint density at radius 2 is 2.19 bits per heavy atom. The Morgan fingerprint density at radius 3 is 2.87 bits per heavy atom. The Labute approximate surface area is 185 Å². The van der Waals surface area contributed by atoms with E-state index in [2.05, 4.69) is 20.3 Å². The van der Waals surface area contributed by atoms with Crippen LogP contribution in [0.4, 0.5) is 5.69 Å². The van der Waals surface area contributed by atoms with Crippen LogP contribution in [0, 0.1) is 0 Å². The van der Waals surface area contributed by atoms with Crippen molar-refractivity contribution in [2.75, 3.05) is 44.6 Å². The van der Waals surface area contributed by atoms with Gasteiger partial charge in [-0.15, -0.1) is 0 Å². The summed E-state index contributed by atoms with van der Waals surface area (Å²) in [5, 5.41) is 2.86. The predicted octanol–water partition coefficient (Wildman–Crippen LogP) is 0.977. The van der Waals surface area contributed by atoms with Crippen molar-refractivity contribution >= 4 is 41.1 Å². The molecule has 1 aromatic rings. The van der Waals surface area contributed by atoms with Crippen molar-refractivity contribution < 1.29 is 14.3 Å². The predicted molar refractivity (Wildman–Crippen MR) is 122 cm³/mol. The van der Waals surface area contributed by atoms with E-state index in [4.69, 9.17) is 10.5 Å². The van der Waals surface area contributed by atoms with E-state index in [1.807, 2.05) is 6.26 Å². The number of thioether (sulfide) groups is 1. The zero-order valence-corrected chi connectivity index (χ0v) is 18.9. The van der Waals surface area contributed by atoms with Gasteiger partial charge in [0.05, 0.1) is 31.5 Å². The van der Waals surface area contributed by atoms with Gasteiger partial charge in [-0.1, -0.05) is 0 Å². The third-order valence-electron chi connectivity index (χ3n) is 5.05. The SMILES string of the molecule is CSCCOC1=NC=C(C(=O)Nc2ccnc(C3(C)CC(=O)N(C)C(N)=N3)c2)N(C)C1. The number of nitrogens with zero attached hydrogens (tertiary/aromatic N) is 5. The number of aromatic nitrogens is 1. The molecular formula is C20H27N7O3S. The van der Waals surface area contributed by atoms with Crippen LogP contribution in [0.5, 0.6) is 0 Å². The molecule has 166 valence electrons. The highest BCUT2D eigenvalue weighted by Crippen LogP contribution is 2.32. The van der Waals surface area contributed by atoms with Gasteiger partial charge in [0.25, 0.3) is 5.91 Å². The standard InChI is InChI=1S/C20H27N7O3S/c1-20(10-17(28)27(3)19(21)25-20)15-9-13(5-6-22-15)24-18(29)14-11-23-16(12-26(14)2)30-7-8-31-4/h5-6,9,11H,7-8,10,12H2,1-4H3,(H2,21,25)(H,22,24,29). The lowest BCUT2D eigenvalue weighted by molar-refractivity contribution is -0.128. The first kappa shape index (κ1) is 22.6. The molecule has 3 rings (SSSR count). The molecule has 0 radical (unpaired) electrons. The molecule has 31 heavy (non-hydrogen) atoms. The number of carbonyl (C=O) groups excluding carboxylic acids is 2. The number of nitrogens with one attached hydrogen (secondary N) is 1. The van der Waals surface area contributed by atoms with Crippen LogP contribution in [0.1, 0.15) is 19.0 Å². The quantitative estimate of drug-likeness (QED) is 0.625. The highest BCUT2D eigenvalue weighted by atomic mass is 32.2. The second-order valence-electron chi connectivity index (χ2n) is 7.49. The average Bonchev–Trinajstić information content (AvgIpc) is 2.72. The Hall–Kier alpha value is -3.08. The van der Waals surface area contributed by atoms with Crippen molar-refractivity contribution in [3.05, 3.63) is 35.9 Å². The van der Waals surface area contributed by atoms with Crippen molar-refractivity contribution in [2.24, 2.45) is 15.7 Å². The molecule has 2 aliphatic rings. The number of hydrogen-bond acceptors (Lipinski definition) is 9.